The van der Waals surface area contributed by atoms with E-state index in [1.54, 1.807) is 12.1 Å². The number of aliphatic hydroxyl groups is 1. The third-order valence-electron chi connectivity index (χ3n) is 5.57. The lowest BCUT2D eigenvalue weighted by Crippen LogP contribution is -2.27. The zero-order valence-corrected chi connectivity index (χ0v) is 18.7. The maximum Gasteiger partial charge on any atom is 0.132 e. The number of benzene rings is 1. The summed E-state index contributed by atoms with van der Waals surface area (Å²) in [6.45, 7) is 6.70. The molecule has 1 aromatic carbocycles. The maximum atomic E-state index is 10.6. The molecule has 0 atom stereocenters. The number of aromatic hydroxyl groups is 1. The van der Waals surface area contributed by atoms with Gasteiger partial charge in [0.05, 0.1) is 24.5 Å². The number of phenols is 1. The predicted molar refractivity (Wildman–Crippen MR) is 123 cm³/mol. The molecule has 1 aromatic heterocycles. The monoisotopic (exact) mass is 435 g/mol. The van der Waals surface area contributed by atoms with Crippen LogP contribution in [0.2, 0.25) is 0 Å². The zero-order chi connectivity index (χ0) is 20.8. The molecule has 30 heavy (non-hydrogen) atoms. The van der Waals surface area contributed by atoms with E-state index in [2.05, 4.69) is 24.1 Å². The number of nitrogens with zero attached hydrogens (tertiary/aromatic N) is 1. The van der Waals surface area contributed by atoms with E-state index in [4.69, 9.17) is 10.5 Å². The molecule has 1 fully saturated rings. The minimum absolute atomic E-state index is 0. The molecule has 0 radical (unpaired) electrons. The Balaban J connectivity index is 0.00000320. The number of ether oxygens (including phenoxy) is 1. The lowest BCUT2D eigenvalue weighted by atomic mass is 9.86. The number of nitrogens with two attached hydrogens (primary N) is 1. The Morgan fingerprint density at radius 2 is 2.00 bits per heavy atom. The van der Waals surface area contributed by atoms with E-state index in [1.807, 2.05) is 12.1 Å². The number of nitrogen functional groups attached to an aromatic ring is 1. The first kappa shape index (κ1) is 24.3. The molecule has 5 N–H and O–H groups in total. The first-order chi connectivity index (χ1) is 14.0. The number of halogens is 1. The van der Waals surface area contributed by atoms with Crippen LogP contribution in [0.5, 0.6) is 11.5 Å². The number of piperidine rings is 1. The molecule has 1 saturated heterocycles. The van der Waals surface area contributed by atoms with Gasteiger partial charge in [0, 0.05) is 5.56 Å². The molecule has 0 amide bonds. The summed E-state index contributed by atoms with van der Waals surface area (Å²) >= 11 is 0. The minimum atomic E-state index is -0.141. The number of phenolic OH excluding ortho intramolecular Hbond substituents is 1. The highest BCUT2D eigenvalue weighted by Gasteiger charge is 2.23. The van der Waals surface area contributed by atoms with E-state index < -0.39 is 0 Å². The van der Waals surface area contributed by atoms with Gasteiger partial charge >= 0.3 is 0 Å². The molecule has 3 rings (SSSR count). The average molecular weight is 436 g/mol. The molecule has 6 nitrogen and oxygen atoms in total. The maximum absolute atomic E-state index is 10.6. The SMILES string of the molecule is CC(C)CCCOc1cccc(O)c1-c1cc(C2CCNCC2)c(CO)c(N)n1.Cl. The van der Waals surface area contributed by atoms with Crippen molar-refractivity contribution >= 4 is 18.2 Å². The van der Waals surface area contributed by atoms with Crippen LogP contribution in [0.1, 0.15) is 56.6 Å². The topological polar surface area (TPSA) is 101 Å². The van der Waals surface area contributed by atoms with Crippen molar-refractivity contribution in [3.05, 3.63) is 35.4 Å². The van der Waals surface area contributed by atoms with Gasteiger partial charge in [0.15, 0.2) is 0 Å². The van der Waals surface area contributed by atoms with Gasteiger partial charge in [0.25, 0.3) is 0 Å². The predicted octanol–water partition coefficient (Wildman–Crippen LogP) is 4.23. The largest absolute Gasteiger partial charge is 0.507 e. The highest BCUT2D eigenvalue weighted by molar-refractivity contribution is 5.85. The molecule has 7 heteroatoms. The fraction of sp³-hybridized carbons (Fsp3) is 0.522. The van der Waals surface area contributed by atoms with Crippen LogP contribution in [0, 0.1) is 5.92 Å². The molecular weight excluding hydrogens is 402 g/mol. The van der Waals surface area contributed by atoms with Crippen molar-refractivity contribution in [3.8, 4) is 22.8 Å². The molecule has 1 aliphatic heterocycles. The van der Waals surface area contributed by atoms with Crippen molar-refractivity contribution in [2.75, 3.05) is 25.4 Å². The number of aromatic nitrogens is 1. The van der Waals surface area contributed by atoms with Crippen molar-refractivity contribution in [1.29, 1.82) is 0 Å². The highest BCUT2D eigenvalue weighted by Crippen LogP contribution is 2.40. The molecule has 2 aromatic rings. The third-order valence-corrected chi connectivity index (χ3v) is 5.57. The van der Waals surface area contributed by atoms with Crippen LogP contribution in [0.15, 0.2) is 24.3 Å². The van der Waals surface area contributed by atoms with E-state index in [1.165, 1.54) is 0 Å². The fourth-order valence-electron chi connectivity index (χ4n) is 3.98. The number of anilines is 1. The molecular formula is C23H34ClN3O3. The van der Waals surface area contributed by atoms with Crippen LogP contribution in [0.4, 0.5) is 5.82 Å². The summed E-state index contributed by atoms with van der Waals surface area (Å²) in [5.74, 6) is 1.97. The van der Waals surface area contributed by atoms with E-state index in [-0.39, 0.29) is 24.8 Å². The Morgan fingerprint density at radius 3 is 2.67 bits per heavy atom. The molecule has 0 saturated carbocycles. The highest BCUT2D eigenvalue weighted by atomic mass is 35.5. The lowest BCUT2D eigenvalue weighted by molar-refractivity contribution is 0.279. The first-order valence-corrected chi connectivity index (χ1v) is 10.6. The second-order valence-corrected chi connectivity index (χ2v) is 8.18. The fourth-order valence-corrected chi connectivity index (χ4v) is 3.98. The summed E-state index contributed by atoms with van der Waals surface area (Å²) in [7, 11) is 0. The molecule has 166 valence electrons. The first-order valence-electron chi connectivity index (χ1n) is 10.6. The van der Waals surface area contributed by atoms with E-state index in [0.29, 0.717) is 46.8 Å². The van der Waals surface area contributed by atoms with Crippen molar-refractivity contribution in [2.24, 2.45) is 5.92 Å². The Labute approximate surface area is 185 Å². The lowest BCUT2D eigenvalue weighted by Gasteiger charge is -2.26. The van der Waals surface area contributed by atoms with Crippen molar-refractivity contribution in [3.63, 3.8) is 0 Å². The number of rotatable bonds is 8. The molecule has 2 heterocycles. The van der Waals surface area contributed by atoms with Crippen LogP contribution >= 0.6 is 12.4 Å². The number of pyridine rings is 1. The summed E-state index contributed by atoms with van der Waals surface area (Å²) in [6.07, 6.45) is 4.00. The van der Waals surface area contributed by atoms with Gasteiger partial charge in [0.1, 0.15) is 17.3 Å². The van der Waals surface area contributed by atoms with Gasteiger partial charge in [0.2, 0.25) is 0 Å². The number of nitrogens with one attached hydrogen (secondary N) is 1. The quantitative estimate of drug-likeness (QED) is 0.463. The van der Waals surface area contributed by atoms with Gasteiger partial charge < -0.3 is 26.0 Å². The van der Waals surface area contributed by atoms with Crippen molar-refractivity contribution in [2.45, 2.75) is 52.1 Å². The molecule has 0 bridgehead atoms. The van der Waals surface area contributed by atoms with Crippen LogP contribution in [0.3, 0.4) is 0 Å². The smallest absolute Gasteiger partial charge is 0.132 e. The van der Waals surface area contributed by atoms with Crippen LogP contribution in [-0.4, -0.2) is 34.9 Å². The summed E-state index contributed by atoms with van der Waals surface area (Å²) in [4.78, 5) is 4.51. The summed E-state index contributed by atoms with van der Waals surface area (Å²) in [5, 5.41) is 23.8. The van der Waals surface area contributed by atoms with Crippen LogP contribution < -0.4 is 15.8 Å². The van der Waals surface area contributed by atoms with Gasteiger partial charge in [-0.1, -0.05) is 19.9 Å². The molecule has 0 unspecified atom stereocenters. The summed E-state index contributed by atoms with van der Waals surface area (Å²) in [6, 6.07) is 7.23. The van der Waals surface area contributed by atoms with E-state index in [9.17, 15) is 10.2 Å². The van der Waals surface area contributed by atoms with Gasteiger partial charge in [-0.15, -0.1) is 12.4 Å². The number of hydrogen-bond donors (Lipinski definition) is 4. The minimum Gasteiger partial charge on any atom is -0.507 e. The third kappa shape index (κ3) is 5.78. The van der Waals surface area contributed by atoms with Gasteiger partial charge in [-0.2, -0.15) is 0 Å². The number of aliphatic hydroxyl groups excluding tert-OH is 1. The Morgan fingerprint density at radius 1 is 1.27 bits per heavy atom. The Kier molecular flexibility index (Phi) is 9.21. The second-order valence-electron chi connectivity index (χ2n) is 8.18. The van der Waals surface area contributed by atoms with Crippen molar-refractivity contribution in [1.82, 2.24) is 10.3 Å². The van der Waals surface area contributed by atoms with Gasteiger partial charge in [-0.05, 0) is 74.4 Å². The second kappa shape index (κ2) is 11.4. The Hall–Kier alpha value is -2.02. The normalized spacial score (nSPS) is 14.5. The zero-order valence-electron chi connectivity index (χ0n) is 17.9. The Bertz CT molecular complexity index is 824. The molecule has 1 aliphatic rings. The summed E-state index contributed by atoms with van der Waals surface area (Å²) < 4.78 is 6.00. The van der Waals surface area contributed by atoms with Crippen molar-refractivity contribution < 1.29 is 14.9 Å². The van der Waals surface area contributed by atoms with Gasteiger partial charge in [-0.3, -0.25) is 0 Å². The standard InChI is InChI=1S/C23H33N3O3.ClH/c1-15(2)5-4-12-29-21-7-3-6-20(28)22(21)19-13-17(16-8-10-25-11-9-16)18(14-27)23(24)26-19;/h3,6-7,13,15-16,25,27-28H,4-5,8-12,14H2,1-2H3,(H2,24,26);1H. The van der Waals surface area contributed by atoms with Gasteiger partial charge in [-0.25, -0.2) is 4.98 Å². The average Bonchev–Trinajstić information content (AvgIpc) is 2.71. The summed E-state index contributed by atoms with van der Waals surface area (Å²) in [5.41, 5.74) is 9.08. The van der Waals surface area contributed by atoms with Crippen LogP contribution in [-0.2, 0) is 6.61 Å². The van der Waals surface area contributed by atoms with Crippen LogP contribution in [0.25, 0.3) is 11.3 Å². The van der Waals surface area contributed by atoms with E-state index in [0.717, 1.165) is 44.3 Å². The molecule has 0 spiro atoms. The number of hydrogen-bond acceptors (Lipinski definition) is 6. The molecule has 0 aliphatic carbocycles. The van der Waals surface area contributed by atoms with E-state index >= 15 is 0 Å².